The highest BCUT2D eigenvalue weighted by Gasteiger charge is 2.56. The highest BCUT2D eigenvalue weighted by Crippen LogP contribution is 2.62. The summed E-state index contributed by atoms with van der Waals surface area (Å²) < 4.78 is 0. The molecule has 0 aromatic carbocycles. The van der Waals surface area contributed by atoms with E-state index in [9.17, 15) is 0 Å². The highest BCUT2D eigenvalue weighted by molar-refractivity contribution is 5.26. The van der Waals surface area contributed by atoms with Gasteiger partial charge in [0.05, 0.1) is 0 Å². The average molecular weight is 180 g/mol. The molecule has 2 heteroatoms. The van der Waals surface area contributed by atoms with Crippen LogP contribution in [0.15, 0.2) is 11.6 Å². The van der Waals surface area contributed by atoms with Gasteiger partial charge in [0.1, 0.15) is 12.7 Å². The van der Waals surface area contributed by atoms with Crippen molar-refractivity contribution in [3.63, 3.8) is 0 Å². The van der Waals surface area contributed by atoms with Crippen molar-refractivity contribution >= 4 is 0 Å². The van der Waals surface area contributed by atoms with Gasteiger partial charge in [0.15, 0.2) is 0 Å². The second-order valence-corrected chi connectivity index (χ2v) is 5.12. The molecule has 1 aliphatic heterocycles. The number of hydrogen-bond acceptors (Lipinski definition) is 2. The third-order valence-corrected chi connectivity index (χ3v) is 4.31. The molecule has 0 aromatic heterocycles. The van der Waals surface area contributed by atoms with Gasteiger partial charge in [-0.15, -0.1) is 0 Å². The number of rotatable bonds is 0. The Bertz CT molecular complexity index is 267. The lowest BCUT2D eigenvalue weighted by molar-refractivity contribution is -0.332. The lowest BCUT2D eigenvalue weighted by atomic mass is 9.46. The quantitative estimate of drug-likeness (QED) is 0.420. The Morgan fingerprint density at radius 2 is 2.23 bits per heavy atom. The SMILES string of the molecule is CC1(C)[C@H]2C[C@@H]3OOCC=C3[C@@H]1C2. The molecule has 3 atom stereocenters. The fourth-order valence-corrected chi connectivity index (χ4v) is 3.22. The maximum Gasteiger partial charge on any atom is 0.115 e. The first-order chi connectivity index (χ1) is 6.19. The average Bonchev–Trinajstić information content (AvgIpc) is 2.16. The zero-order valence-electron chi connectivity index (χ0n) is 8.25. The van der Waals surface area contributed by atoms with Gasteiger partial charge < -0.3 is 0 Å². The van der Waals surface area contributed by atoms with Crippen molar-refractivity contribution in [2.24, 2.45) is 17.3 Å². The van der Waals surface area contributed by atoms with E-state index in [1.807, 2.05) is 0 Å². The Kier molecular flexibility index (Phi) is 1.46. The molecular weight excluding hydrogens is 164 g/mol. The Labute approximate surface area is 78.8 Å². The normalized spacial score (nSPS) is 46.0. The van der Waals surface area contributed by atoms with Crippen LogP contribution in [-0.2, 0) is 9.78 Å². The van der Waals surface area contributed by atoms with Crippen LogP contribution in [0.2, 0.25) is 0 Å². The van der Waals surface area contributed by atoms with Crippen molar-refractivity contribution < 1.29 is 9.78 Å². The monoisotopic (exact) mass is 180 g/mol. The van der Waals surface area contributed by atoms with Crippen LogP contribution in [0.5, 0.6) is 0 Å². The van der Waals surface area contributed by atoms with Crippen molar-refractivity contribution in [1.82, 2.24) is 0 Å². The Hall–Kier alpha value is -0.340. The summed E-state index contributed by atoms with van der Waals surface area (Å²) in [5.74, 6) is 1.61. The fourth-order valence-electron chi connectivity index (χ4n) is 3.22. The maximum absolute atomic E-state index is 5.31. The molecule has 0 amide bonds. The predicted octanol–water partition coefficient (Wildman–Crippen LogP) is 2.31. The molecule has 0 spiro atoms. The minimum absolute atomic E-state index is 0.283. The second kappa shape index (κ2) is 2.37. The molecular formula is C11H16O2. The van der Waals surface area contributed by atoms with Crippen molar-refractivity contribution in [2.45, 2.75) is 32.8 Å². The summed E-state index contributed by atoms with van der Waals surface area (Å²) in [7, 11) is 0. The van der Waals surface area contributed by atoms with Crippen LogP contribution in [0.3, 0.4) is 0 Å². The van der Waals surface area contributed by atoms with E-state index in [0.717, 1.165) is 18.3 Å². The van der Waals surface area contributed by atoms with E-state index in [1.165, 1.54) is 12.0 Å². The van der Waals surface area contributed by atoms with Gasteiger partial charge >= 0.3 is 0 Å². The molecule has 72 valence electrons. The van der Waals surface area contributed by atoms with E-state index in [4.69, 9.17) is 9.78 Å². The highest BCUT2D eigenvalue weighted by atomic mass is 17.2. The zero-order chi connectivity index (χ0) is 9.05. The lowest BCUT2D eigenvalue weighted by Gasteiger charge is -2.60. The molecule has 0 aromatic rings. The maximum atomic E-state index is 5.31. The summed E-state index contributed by atoms with van der Waals surface area (Å²) in [5.41, 5.74) is 2.03. The fraction of sp³-hybridized carbons (Fsp3) is 0.818. The van der Waals surface area contributed by atoms with Crippen molar-refractivity contribution in [3.05, 3.63) is 11.6 Å². The molecule has 3 aliphatic carbocycles. The summed E-state index contributed by atoms with van der Waals surface area (Å²) in [6, 6.07) is 0. The topological polar surface area (TPSA) is 18.5 Å². The van der Waals surface area contributed by atoms with Crippen molar-refractivity contribution in [3.8, 4) is 0 Å². The van der Waals surface area contributed by atoms with Gasteiger partial charge in [0.25, 0.3) is 0 Å². The third kappa shape index (κ3) is 0.906. The van der Waals surface area contributed by atoms with E-state index < -0.39 is 0 Å². The Morgan fingerprint density at radius 3 is 3.00 bits per heavy atom. The first-order valence-corrected chi connectivity index (χ1v) is 5.18. The standard InChI is InChI=1S/C11H16O2/c1-11(2)7-5-9(11)8-3-4-12-13-10(8)6-7/h3,7,9-10H,4-6H2,1-2H3/t7-,9+,10+/m1/s1. The van der Waals surface area contributed by atoms with Gasteiger partial charge in [-0.3, -0.25) is 0 Å². The van der Waals surface area contributed by atoms with E-state index >= 15 is 0 Å². The predicted molar refractivity (Wildman–Crippen MR) is 48.9 cm³/mol. The minimum Gasteiger partial charge on any atom is -0.232 e. The largest absolute Gasteiger partial charge is 0.232 e. The van der Waals surface area contributed by atoms with Gasteiger partial charge in [-0.25, -0.2) is 9.78 Å². The van der Waals surface area contributed by atoms with E-state index in [-0.39, 0.29) is 6.10 Å². The van der Waals surface area contributed by atoms with E-state index in [2.05, 4.69) is 19.9 Å². The summed E-state index contributed by atoms with van der Waals surface area (Å²) in [5, 5.41) is 0. The zero-order valence-corrected chi connectivity index (χ0v) is 8.25. The van der Waals surface area contributed by atoms with Gasteiger partial charge in [-0.05, 0) is 35.7 Å². The molecule has 0 radical (unpaired) electrons. The molecule has 13 heavy (non-hydrogen) atoms. The van der Waals surface area contributed by atoms with Crippen LogP contribution in [0.1, 0.15) is 26.7 Å². The summed E-state index contributed by atoms with van der Waals surface area (Å²) >= 11 is 0. The molecule has 3 fully saturated rings. The van der Waals surface area contributed by atoms with Gasteiger partial charge in [-0.2, -0.15) is 0 Å². The van der Waals surface area contributed by atoms with Crippen LogP contribution in [0, 0.1) is 17.3 Å². The third-order valence-electron chi connectivity index (χ3n) is 4.31. The molecule has 1 heterocycles. The van der Waals surface area contributed by atoms with Crippen LogP contribution in [-0.4, -0.2) is 12.7 Å². The first kappa shape index (κ1) is 8.01. The molecule has 0 N–H and O–H groups in total. The molecule has 3 saturated carbocycles. The van der Waals surface area contributed by atoms with Crippen molar-refractivity contribution in [1.29, 1.82) is 0 Å². The molecule has 4 aliphatic rings. The Morgan fingerprint density at radius 1 is 1.38 bits per heavy atom. The summed E-state index contributed by atoms with van der Waals surface area (Å²) in [6.07, 6.45) is 5.05. The van der Waals surface area contributed by atoms with Crippen molar-refractivity contribution in [2.75, 3.05) is 6.61 Å². The first-order valence-electron chi connectivity index (χ1n) is 5.18. The van der Waals surface area contributed by atoms with Gasteiger partial charge in [0, 0.05) is 0 Å². The van der Waals surface area contributed by atoms with E-state index in [0.29, 0.717) is 12.0 Å². The van der Waals surface area contributed by atoms with Crippen LogP contribution in [0.4, 0.5) is 0 Å². The number of hydrogen-bond donors (Lipinski definition) is 0. The molecule has 4 rings (SSSR count). The minimum atomic E-state index is 0.283. The molecule has 0 saturated heterocycles. The summed E-state index contributed by atoms with van der Waals surface area (Å²) in [6.45, 7) is 5.42. The van der Waals surface area contributed by atoms with E-state index in [1.54, 1.807) is 0 Å². The second-order valence-electron chi connectivity index (χ2n) is 5.12. The molecule has 0 unspecified atom stereocenters. The van der Waals surface area contributed by atoms with Gasteiger partial charge in [0.2, 0.25) is 0 Å². The summed E-state index contributed by atoms with van der Waals surface area (Å²) in [4.78, 5) is 10.3. The molecule has 2 nitrogen and oxygen atoms in total. The van der Waals surface area contributed by atoms with Crippen LogP contribution < -0.4 is 0 Å². The van der Waals surface area contributed by atoms with Crippen LogP contribution in [0.25, 0.3) is 0 Å². The Balaban J connectivity index is 1.94. The lowest BCUT2D eigenvalue weighted by Crippen LogP contribution is -2.54. The smallest absolute Gasteiger partial charge is 0.115 e. The van der Waals surface area contributed by atoms with Gasteiger partial charge in [-0.1, -0.05) is 19.9 Å². The molecule has 2 bridgehead atoms. The van der Waals surface area contributed by atoms with Crippen LogP contribution >= 0.6 is 0 Å².